The Balaban J connectivity index is 1.62. The average molecular weight is 415 g/mol. The predicted molar refractivity (Wildman–Crippen MR) is 119 cm³/mol. The van der Waals surface area contributed by atoms with Gasteiger partial charge in [-0.1, -0.05) is 0 Å². The van der Waals surface area contributed by atoms with Gasteiger partial charge in [0.05, 0.1) is 11.9 Å². The molecule has 0 aliphatic carbocycles. The molecule has 9 nitrogen and oxygen atoms in total. The van der Waals surface area contributed by atoms with E-state index in [0.29, 0.717) is 11.4 Å². The van der Waals surface area contributed by atoms with E-state index in [1.54, 1.807) is 42.6 Å². The number of aromatic nitrogens is 4. The van der Waals surface area contributed by atoms with Gasteiger partial charge >= 0.3 is 11.8 Å². The molecule has 0 radical (unpaired) electrons. The van der Waals surface area contributed by atoms with Gasteiger partial charge in [-0.25, -0.2) is 4.98 Å². The van der Waals surface area contributed by atoms with Gasteiger partial charge in [-0.15, -0.1) is 0 Å². The van der Waals surface area contributed by atoms with Crippen molar-refractivity contribution < 1.29 is 9.59 Å². The number of nitrogens with zero attached hydrogens (tertiary/aromatic N) is 5. The molecule has 9 heteroatoms. The van der Waals surface area contributed by atoms with E-state index in [9.17, 15) is 9.59 Å². The molecule has 0 aliphatic rings. The summed E-state index contributed by atoms with van der Waals surface area (Å²) in [5.41, 5.74) is 10.3. The summed E-state index contributed by atoms with van der Waals surface area (Å²) in [4.78, 5) is 34.6. The molecular formula is C22H21N7O2. The number of anilines is 3. The molecule has 0 saturated heterocycles. The number of carbonyl (C=O) groups is 2. The van der Waals surface area contributed by atoms with Gasteiger partial charge in [0.1, 0.15) is 5.82 Å². The van der Waals surface area contributed by atoms with Crippen LogP contribution >= 0.6 is 0 Å². The lowest BCUT2D eigenvalue weighted by molar-refractivity contribution is -0.134. The largest absolute Gasteiger partial charge is 0.398 e. The van der Waals surface area contributed by atoms with E-state index in [1.165, 1.54) is 18.1 Å². The number of nitrogens with one attached hydrogen (secondary N) is 1. The van der Waals surface area contributed by atoms with Crippen LogP contribution in [0.4, 0.5) is 17.2 Å². The Morgan fingerprint density at radius 3 is 2.68 bits per heavy atom. The zero-order valence-corrected chi connectivity index (χ0v) is 17.3. The SMILES string of the molecule is Cc1ccncc1-c1cc(N)c2cnc(NC(=O)C(=O)N(C)c3cnn(C)c3)cc2c1. The lowest BCUT2D eigenvalue weighted by Gasteiger charge is -2.14. The number of aryl methyl sites for hydroxylation is 2. The lowest BCUT2D eigenvalue weighted by atomic mass is 9.99. The molecular weight excluding hydrogens is 394 g/mol. The smallest absolute Gasteiger partial charge is 0.316 e. The van der Waals surface area contributed by atoms with Crippen molar-refractivity contribution >= 4 is 39.8 Å². The van der Waals surface area contributed by atoms with Gasteiger partial charge in [-0.3, -0.25) is 19.3 Å². The number of amides is 2. The highest BCUT2D eigenvalue weighted by Gasteiger charge is 2.21. The maximum absolute atomic E-state index is 12.5. The molecule has 3 aromatic heterocycles. The molecule has 156 valence electrons. The predicted octanol–water partition coefficient (Wildman–Crippen LogP) is 2.52. The highest BCUT2D eigenvalue weighted by atomic mass is 16.2. The molecule has 4 rings (SSSR count). The van der Waals surface area contributed by atoms with E-state index in [-0.39, 0.29) is 5.82 Å². The van der Waals surface area contributed by atoms with Crippen LogP contribution in [-0.2, 0) is 16.6 Å². The van der Waals surface area contributed by atoms with Crippen molar-refractivity contribution in [2.24, 2.45) is 7.05 Å². The third-order valence-electron chi connectivity index (χ3n) is 5.04. The van der Waals surface area contributed by atoms with E-state index < -0.39 is 11.8 Å². The van der Waals surface area contributed by atoms with E-state index in [4.69, 9.17) is 5.73 Å². The van der Waals surface area contributed by atoms with Crippen molar-refractivity contribution in [1.29, 1.82) is 0 Å². The summed E-state index contributed by atoms with van der Waals surface area (Å²) in [5.74, 6) is -1.27. The Bertz CT molecular complexity index is 1310. The fourth-order valence-electron chi connectivity index (χ4n) is 3.30. The van der Waals surface area contributed by atoms with Crippen molar-refractivity contribution in [2.75, 3.05) is 23.0 Å². The van der Waals surface area contributed by atoms with E-state index in [2.05, 4.69) is 20.4 Å². The Morgan fingerprint density at radius 2 is 1.97 bits per heavy atom. The molecule has 3 N–H and O–H groups in total. The zero-order chi connectivity index (χ0) is 22.1. The van der Waals surface area contributed by atoms with Crippen molar-refractivity contribution in [1.82, 2.24) is 19.7 Å². The summed E-state index contributed by atoms with van der Waals surface area (Å²) in [5, 5.41) is 8.11. The van der Waals surface area contributed by atoms with Crippen molar-refractivity contribution in [2.45, 2.75) is 6.92 Å². The number of nitrogen functional groups attached to an aromatic ring is 1. The first-order valence-corrected chi connectivity index (χ1v) is 9.51. The average Bonchev–Trinajstić information content (AvgIpc) is 3.19. The minimum Gasteiger partial charge on any atom is -0.398 e. The lowest BCUT2D eigenvalue weighted by Crippen LogP contribution is -2.37. The maximum atomic E-state index is 12.5. The number of fused-ring (bicyclic) bond motifs is 1. The first-order chi connectivity index (χ1) is 14.8. The minimum atomic E-state index is -0.801. The number of pyridine rings is 2. The van der Waals surface area contributed by atoms with Gasteiger partial charge in [-0.2, -0.15) is 5.10 Å². The normalized spacial score (nSPS) is 10.8. The van der Waals surface area contributed by atoms with Crippen LogP contribution in [0, 0.1) is 6.92 Å². The molecule has 31 heavy (non-hydrogen) atoms. The summed E-state index contributed by atoms with van der Waals surface area (Å²) in [6.45, 7) is 2.00. The second-order valence-electron chi connectivity index (χ2n) is 7.24. The van der Waals surface area contributed by atoms with Crippen LogP contribution in [0.1, 0.15) is 5.56 Å². The number of carbonyl (C=O) groups excluding carboxylic acids is 2. The molecule has 2 amide bonds. The first kappa shape index (κ1) is 20.0. The zero-order valence-electron chi connectivity index (χ0n) is 17.3. The van der Waals surface area contributed by atoms with Crippen molar-refractivity contribution in [3.05, 3.63) is 60.8 Å². The van der Waals surface area contributed by atoms with E-state index in [1.807, 2.05) is 25.1 Å². The third kappa shape index (κ3) is 3.93. The van der Waals surface area contributed by atoms with Gasteiger partial charge in [0.2, 0.25) is 0 Å². The second-order valence-corrected chi connectivity index (χ2v) is 7.24. The standard InChI is InChI=1S/C22H21N7O2/c1-13-4-5-24-10-17(13)14-6-15-8-20(25-11-18(15)19(23)7-14)27-21(30)22(31)29(3)16-9-26-28(2)12-16/h4-12H,23H2,1-3H3,(H,25,27,30). The number of rotatable bonds is 3. The molecule has 0 fully saturated rings. The highest BCUT2D eigenvalue weighted by molar-refractivity contribution is 6.44. The molecule has 0 saturated carbocycles. The Hall–Kier alpha value is -4.27. The van der Waals surface area contributed by atoms with Gasteiger partial charge in [0, 0.05) is 55.5 Å². The summed E-state index contributed by atoms with van der Waals surface area (Å²) in [6, 6.07) is 7.45. The van der Waals surface area contributed by atoms with Crippen LogP contribution in [0.25, 0.3) is 21.9 Å². The number of likely N-dealkylation sites (N-methyl/N-ethyl adjacent to an activating group) is 1. The fraction of sp³-hybridized carbons (Fsp3) is 0.136. The molecule has 4 aromatic rings. The Labute approximate surface area is 178 Å². The van der Waals surface area contributed by atoms with E-state index >= 15 is 0 Å². The van der Waals surface area contributed by atoms with Crippen LogP contribution in [0.5, 0.6) is 0 Å². The summed E-state index contributed by atoms with van der Waals surface area (Å²) < 4.78 is 1.55. The molecule has 3 heterocycles. The molecule has 0 atom stereocenters. The van der Waals surface area contributed by atoms with Crippen LogP contribution in [-0.4, -0.2) is 38.6 Å². The fourth-order valence-corrected chi connectivity index (χ4v) is 3.30. The molecule has 0 aliphatic heterocycles. The number of hydrogen-bond acceptors (Lipinski definition) is 6. The molecule has 0 bridgehead atoms. The van der Waals surface area contributed by atoms with Gasteiger partial charge in [0.25, 0.3) is 0 Å². The Morgan fingerprint density at radius 1 is 1.16 bits per heavy atom. The maximum Gasteiger partial charge on any atom is 0.316 e. The number of nitrogens with two attached hydrogens (primary N) is 1. The van der Waals surface area contributed by atoms with Crippen LogP contribution < -0.4 is 16.0 Å². The van der Waals surface area contributed by atoms with E-state index in [0.717, 1.165) is 27.5 Å². The number of benzene rings is 1. The quantitative estimate of drug-likeness (QED) is 0.392. The molecule has 0 spiro atoms. The molecule has 1 aromatic carbocycles. The van der Waals surface area contributed by atoms with Crippen LogP contribution in [0.2, 0.25) is 0 Å². The Kier molecular flexibility index (Phi) is 5.08. The third-order valence-corrected chi connectivity index (χ3v) is 5.04. The minimum absolute atomic E-state index is 0.255. The first-order valence-electron chi connectivity index (χ1n) is 9.51. The monoisotopic (exact) mass is 415 g/mol. The van der Waals surface area contributed by atoms with Gasteiger partial charge < -0.3 is 16.0 Å². The summed E-state index contributed by atoms with van der Waals surface area (Å²) in [6.07, 6.45) is 8.25. The number of hydrogen-bond donors (Lipinski definition) is 2. The molecule has 0 unspecified atom stereocenters. The summed E-state index contributed by atoms with van der Waals surface area (Å²) >= 11 is 0. The van der Waals surface area contributed by atoms with Gasteiger partial charge in [0.15, 0.2) is 0 Å². The highest BCUT2D eigenvalue weighted by Crippen LogP contribution is 2.31. The van der Waals surface area contributed by atoms with Gasteiger partial charge in [-0.05, 0) is 47.7 Å². The van der Waals surface area contributed by atoms with Crippen molar-refractivity contribution in [3.63, 3.8) is 0 Å². The van der Waals surface area contributed by atoms with Crippen LogP contribution in [0.15, 0.2) is 55.2 Å². The van der Waals surface area contributed by atoms with Crippen LogP contribution in [0.3, 0.4) is 0 Å². The van der Waals surface area contributed by atoms with Crippen molar-refractivity contribution in [3.8, 4) is 11.1 Å². The summed E-state index contributed by atoms with van der Waals surface area (Å²) in [7, 11) is 3.24. The second kappa shape index (κ2) is 7.86. The topological polar surface area (TPSA) is 119 Å².